The molecule has 1 amide bonds. The van der Waals surface area contributed by atoms with Crippen LogP contribution in [0.4, 0.5) is 11.4 Å². The first-order valence-electron chi connectivity index (χ1n) is 7.04. The summed E-state index contributed by atoms with van der Waals surface area (Å²) < 4.78 is 5.44. The fraction of sp³-hybridized carbons (Fsp3) is 0.500. The molecule has 1 aromatic carbocycles. The smallest absolute Gasteiger partial charge is 0.293 e. The first-order chi connectivity index (χ1) is 10.1. The van der Waals surface area contributed by atoms with E-state index < -0.39 is 4.92 Å². The van der Waals surface area contributed by atoms with Gasteiger partial charge in [-0.3, -0.25) is 14.9 Å². The van der Waals surface area contributed by atoms with Crippen LogP contribution in [-0.4, -0.2) is 36.6 Å². The minimum atomic E-state index is -0.491. The van der Waals surface area contributed by atoms with E-state index in [1.807, 2.05) is 6.92 Å². The minimum Gasteiger partial charge on any atom is -0.379 e. The highest BCUT2D eigenvalue weighted by molar-refractivity contribution is 6.01. The van der Waals surface area contributed by atoms with E-state index in [0.29, 0.717) is 13.1 Å². The maximum Gasteiger partial charge on any atom is 0.293 e. The lowest BCUT2D eigenvalue weighted by atomic mass is 10.1. The molecule has 1 aliphatic rings. The molecule has 1 saturated heterocycles. The number of amides is 1. The number of benzene rings is 1. The van der Waals surface area contributed by atoms with Crippen LogP contribution in [0.3, 0.4) is 0 Å². The lowest BCUT2D eigenvalue weighted by Crippen LogP contribution is -2.32. The Hall–Kier alpha value is -2.15. The molecule has 114 valence electrons. The van der Waals surface area contributed by atoms with E-state index in [9.17, 15) is 14.9 Å². The molecule has 1 atom stereocenters. The zero-order chi connectivity index (χ0) is 15.2. The van der Waals surface area contributed by atoms with Gasteiger partial charge in [0.2, 0.25) is 0 Å². The number of carbonyl (C=O) groups is 1. The topological polar surface area (TPSA) is 93.5 Å². The summed E-state index contributed by atoms with van der Waals surface area (Å²) in [6, 6.07) is 4.48. The second-order valence-corrected chi connectivity index (χ2v) is 4.83. The molecule has 7 heteroatoms. The Morgan fingerprint density at radius 1 is 1.52 bits per heavy atom. The number of hydrogen-bond donors (Lipinski definition) is 2. The largest absolute Gasteiger partial charge is 0.379 e. The molecule has 0 aliphatic carbocycles. The molecule has 1 heterocycles. The monoisotopic (exact) mass is 293 g/mol. The zero-order valence-electron chi connectivity index (χ0n) is 11.9. The van der Waals surface area contributed by atoms with Crippen molar-refractivity contribution in [2.45, 2.75) is 25.9 Å². The van der Waals surface area contributed by atoms with E-state index in [1.54, 1.807) is 6.07 Å². The molecule has 1 unspecified atom stereocenters. The van der Waals surface area contributed by atoms with Gasteiger partial charge < -0.3 is 15.4 Å². The minimum absolute atomic E-state index is 0.0373. The molecule has 1 aliphatic heterocycles. The fourth-order valence-electron chi connectivity index (χ4n) is 2.35. The number of para-hydroxylation sites is 1. The quantitative estimate of drug-likeness (QED) is 0.617. The van der Waals surface area contributed by atoms with Gasteiger partial charge in [-0.1, -0.05) is 6.07 Å². The molecule has 0 bridgehead atoms. The van der Waals surface area contributed by atoms with Crippen molar-refractivity contribution < 1.29 is 14.5 Å². The molecule has 7 nitrogen and oxygen atoms in total. The van der Waals surface area contributed by atoms with E-state index in [1.165, 1.54) is 12.1 Å². The van der Waals surface area contributed by atoms with E-state index in [-0.39, 0.29) is 28.9 Å². The summed E-state index contributed by atoms with van der Waals surface area (Å²) in [7, 11) is 0. The van der Waals surface area contributed by atoms with Crippen molar-refractivity contribution in [3.63, 3.8) is 0 Å². The van der Waals surface area contributed by atoms with Crippen LogP contribution in [-0.2, 0) is 4.74 Å². The Morgan fingerprint density at radius 2 is 2.33 bits per heavy atom. The molecule has 0 aromatic heterocycles. The first kappa shape index (κ1) is 15.2. The molecule has 0 saturated carbocycles. The predicted octanol–water partition coefficient (Wildman–Crippen LogP) is 1.94. The summed E-state index contributed by atoms with van der Waals surface area (Å²) in [4.78, 5) is 22.8. The van der Waals surface area contributed by atoms with Crippen LogP contribution in [0.1, 0.15) is 30.1 Å². The molecule has 0 radical (unpaired) electrons. The molecule has 1 aromatic rings. The number of ether oxygens (including phenoxy) is 1. The fourth-order valence-corrected chi connectivity index (χ4v) is 2.35. The summed E-state index contributed by atoms with van der Waals surface area (Å²) in [5.74, 6) is -0.329. The number of nitro benzene ring substituents is 1. The Kier molecular flexibility index (Phi) is 5.10. The zero-order valence-corrected chi connectivity index (χ0v) is 11.9. The third-order valence-electron chi connectivity index (χ3n) is 3.35. The van der Waals surface area contributed by atoms with Crippen LogP contribution >= 0.6 is 0 Å². The second kappa shape index (κ2) is 7.03. The Bertz CT molecular complexity index is 527. The Morgan fingerprint density at radius 3 is 2.95 bits per heavy atom. The Balaban J connectivity index is 2.14. The number of hydrogen-bond acceptors (Lipinski definition) is 5. The third kappa shape index (κ3) is 3.69. The van der Waals surface area contributed by atoms with Crippen molar-refractivity contribution in [2.75, 3.05) is 25.0 Å². The standard InChI is InChI=1S/C14H19N3O4/c1-2-15-13-11(6-3-7-12(13)17(19)20)14(18)16-9-10-5-4-8-21-10/h3,6-7,10,15H,2,4-5,8-9H2,1H3,(H,16,18). The van der Waals surface area contributed by atoms with Gasteiger partial charge >= 0.3 is 0 Å². The summed E-state index contributed by atoms with van der Waals surface area (Å²) >= 11 is 0. The van der Waals surface area contributed by atoms with Gasteiger partial charge in [-0.2, -0.15) is 0 Å². The van der Waals surface area contributed by atoms with Crippen LogP contribution in [0.25, 0.3) is 0 Å². The maximum atomic E-state index is 12.2. The van der Waals surface area contributed by atoms with Crippen molar-refractivity contribution in [1.29, 1.82) is 0 Å². The number of nitrogens with one attached hydrogen (secondary N) is 2. The summed E-state index contributed by atoms with van der Waals surface area (Å²) in [5.41, 5.74) is 0.445. The summed E-state index contributed by atoms with van der Waals surface area (Å²) in [6.07, 6.45) is 1.96. The highest BCUT2D eigenvalue weighted by Crippen LogP contribution is 2.28. The number of nitro groups is 1. The lowest BCUT2D eigenvalue weighted by Gasteiger charge is -2.13. The molecular weight excluding hydrogens is 274 g/mol. The van der Waals surface area contributed by atoms with Gasteiger partial charge in [0.05, 0.1) is 16.6 Å². The van der Waals surface area contributed by atoms with E-state index >= 15 is 0 Å². The Labute approximate surface area is 122 Å². The number of anilines is 1. The van der Waals surface area contributed by atoms with Gasteiger partial charge in [-0.05, 0) is 25.8 Å². The molecule has 2 rings (SSSR count). The average Bonchev–Trinajstić information content (AvgIpc) is 2.98. The normalized spacial score (nSPS) is 17.5. The lowest BCUT2D eigenvalue weighted by molar-refractivity contribution is -0.384. The van der Waals surface area contributed by atoms with Crippen molar-refractivity contribution in [2.24, 2.45) is 0 Å². The van der Waals surface area contributed by atoms with Gasteiger partial charge in [-0.15, -0.1) is 0 Å². The summed E-state index contributed by atoms with van der Waals surface area (Å²) in [6.45, 7) is 3.47. The van der Waals surface area contributed by atoms with Gasteiger partial charge in [0, 0.05) is 25.8 Å². The molecule has 0 spiro atoms. The SMILES string of the molecule is CCNc1c(C(=O)NCC2CCCO2)cccc1[N+](=O)[O-]. The predicted molar refractivity (Wildman–Crippen MR) is 78.6 cm³/mol. The molecule has 2 N–H and O–H groups in total. The van der Waals surface area contributed by atoms with Crippen LogP contribution < -0.4 is 10.6 Å². The van der Waals surface area contributed by atoms with Gasteiger partial charge in [0.15, 0.2) is 0 Å². The highest BCUT2D eigenvalue weighted by Gasteiger charge is 2.22. The number of carbonyl (C=O) groups excluding carboxylic acids is 1. The third-order valence-corrected chi connectivity index (χ3v) is 3.35. The van der Waals surface area contributed by atoms with Crippen LogP contribution in [0.15, 0.2) is 18.2 Å². The number of rotatable bonds is 6. The molecule has 21 heavy (non-hydrogen) atoms. The van der Waals surface area contributed by atoms with Gasteiger partial charge in [0.1, 0.15) is 5.69 Å². The highest BCUT2D eigenvalue weighted by atomic mass is 16.6. The van der Waals surface area contributed by atoms with Gasteiger partial charge in [-0.25, -0.2) is 0 Å². The van der Waals surface area contributed by atoms with Crippen molar-refractivity contribution in [3.8, 4) is 0 Å². The van der Waals surface area contributed by atoms with E-state index in [2.05, 4.69) is 10.6 Å². The first-order valence-corrected chi connectivity index (χ1v) is 7.04. The maximum absolute atomic E-state index is 12.2. The second-order valence-electron chi connectivity index (χ2n) is 4.83. The molecule has 1 fully saturated rings. The average molecular weight is 293 g/mol. The number of nitrogens with zero attached hydrogens (tertiary/aromatic N) is 1. The van der Waals surface area contributed by atoms with Crippen molar-refractivity contribution in [3.05, 3.63) is 33.9 Å². The van der Waals surface area contributed by atoms with Crippen molar-refractivity contribution in [1.82, 2.24) is 5.32 Å². The van der Waals surface area contributed by atoms with Crippen LogP contribution in [0.2, 0.25) is 0 Å². The molecular formula is C14H19N3O4. The van der Waals surface area contributed by atoms with E-state index in [0.717, 1.165) is 19.4 Å². The van der Waals surface area contributed by atoms with Crippen LogP contribution in [0.5, 0.6) is 0 Å². The van der Waals surface area contributed by atoms with Crippen molar-refractivity contribution >= 4 is 17.3 Å². The summed E-state index contributed by atoms with van der Waals surface area (Å²) in [5, 5.41) is 16.7. The van der Waals surface area contributed by atoms with E-state index in [4.69, 9.17) is 4.74 Å². The van der Waals surface area contributed by atoms with Crippen LogP contribution in [0, 0.1) is 10.1 Å². The van der Waals surface area contributed by atoms with Gasteiger partial charge in [0.25, 0.3) is 11.6 Å².